The third kappa shape index (κ3) is 8.72. The van der Waals surface area contributed by atoms with E-state index in [1.807, 2.05) is 105 Å². The maximum absolute atomic E-state index is 14.6. The van der Waals surface area contributed by atoms with Crippen LogP contribution in [0.1, 0.15) is 96.5 Å². The molecule has 0 aliphatic heterocycles. The number of rotatable bonds is 7. The highest BCUT2D eigenvalue weighted by Gasteiger charge is 2.58. The van der Waals surface area contributed by atoms with Gasteiger partial charge in [-0.25, -0.2) is 4.79 Å². The summed E-state index contributed by atoms with van der Waals surface area (Å²) in [6.07, 6.45) is -0.605. The van der Waals surface area contributed by atoms with Crippen LogP contribution in [-0.2, 0) is 19.1 Å². The van der Waals surface area contributed by atoms with Crippen molar-refractivity contribution in [3.63, 3.8) is 0 Å². The zero-order valence-corrected chi connectivity index (χ0v) is 34.4. The molecular weight excluding hydrogens is 776 g/mol. The molecule has 3 aliphatic carbocycles. The van der Waals surface area contributed by atoms with E-state index >= 15 is 0 Å². The number of ether oxygens (including phenoxy) is 1. The molecule has 0 aromatic heterocycles. The van der Waals surface area contributed by atoms with Gasteiger partial charge in [-0.05, 0) is 126 Å². The van der Waals surface area contributed by atoms with Gasteiger partial charge in [0.1, 0.15) is 5.75 Å². The molecule has 6 nitrogen and oxygen atoms in total. The predicted molar refractivity (Wildman–Crippen MR) is 233 cm³/mol. The topological polar surface area (TPSA) is 87.1 Å². The van der Waals surface area contributed by atoms with E-state index in [1.165, 1.54) is 12.1 Å². The lowest BCUT2D eigenvalue weighted by atomic mass is 9.64. The maximum Gasteiger partial charge on any atom is 0.416 e. The molecule has 1 amide bonds. The molecule has 3 aliphatic rings. The SMILES string of the molecule is CC1=CCC[C@@]2(C)[C@@H](CC[C@@]2(O)CN(Cc2cccc3ccccc23)C(=O)Oc2ccc3ccccc3c2)c2ccc(cc2C(=O)c2cccc(C(F)(F)F)c2)C[C@@H](O)CC1. The number of aliphatic hydroxyl groups is 2. The van der Waals surface area contributed by atoms with Crippen molar-refractivity contribution in [1.82, 2.24) is 4.90 Å². The third-order valence-electron chi connectivity index (χ3n) is 13.2. The minimum atomic E-state index is -4.64. The first kappa shape index (κ1) is 41.9. The summed E-state index contributed by atoms with van der Waals surface area (Å²) in [6, 6.07) is 37.1. The van der Waals surface area contributed by atoms with Crippen molar-refractivity contribution in [2.45, 2.75) is 89.1 Å². The number of carbonyl (C=O) groups excluding carboxylic acids is 2. The quantitative estimate of drug-likeness (QED) is 0.124. The lowest BCUT2D eigenvalue weighted by molar-refractivity contribution is -0.137. The van der Waals surface area contributed by atoms with E-state index in [-0.39, 0.29) is 37.1 Å². The van der Waals surface area contributed by atoms with E-state index in [0.29, 0.717) is 49.0 Å². The first-order valence-corrected chi connectivity index (χ1v) is 21.0. The van der Waals surface area contributed by atoms with Crippen molar-refractivity contribution in [2.24, 2.45) is 5.41 Å². The van der Waals surface area contributed by atoms with Gasteiger partial charge in [0.05, 0.1) is 23.8 Å². The second kappa shape index (κ2) is 16.9. The van der Waals surface area contributed by atoms with Gasteiger partial charge in [-0.15, -0.1) is 0 Å². The first-order chi connectivity index (χ1) is 29.2. The van der Waals surface area contributed by atoms with Gasteiger partial charge < -0.3 is 19.8 Å². The Balaban J connectivity index is 1.21. The van der Waals surface area contributed by atoms with E-state index in [2.05, 4.69) is 6.08 Å². The Hall–Kier alpha value is -5.77. The Bertz CT molecular complexity index is 2630. The third-order valence-corrected chi connectivity index (χ3v) is 13.2. The van der Waals surface area contributed by atoms with Crippen LogP contribution in [0.4, 0.5) is 18.0 Å². The molecule has 1 fully saturated rings. The minimum Gasteiger partial charge on any atom is -0.410 e. The molecule has 6 aromatic carbocycles. The van der Waals surface area contributed by atoms with Gasteiger partial charge in [0.25, 0.3) is 0 Å². The predicted octanol–water partition coefficient (Wildman–Crippen LogP) is 12.0. The van der Waals surface area contributed by atoms with E-state index in [1.54, 1.807) is 17.0 Å². The summed E-state index contributed by atoms with van der Waals surface area (Å²) in [5.41, 5.74) is 0.119. The number of alkyl halides is 3. The minimum absolute atomic E-state index is 0.0838. The van der Waals surface area contributed by atoms with Crippen LogP contribution in [0.25, 0.3) is 21.5 Å². The summed E-state index contributed by atoms with van der Waals surface area (Å²) in [4.78, 5) is 30.7. The molecule has 1 saturated carbocycles. The maximum atomic E-state index is 14.6. The molecule has 0 saturated heterocycles. The van der Waals surface area contributed by atoms with Gasteiger partial charge in [-0.2, -0.15) is 13.2 Å². The molecule has 0 heterocycles. The number of benzene rings is 6. The second-order valence-electron chi connectivity index (χ2n) is 17.2. The van der Waals surface area contributed by atoms with E-state index in [4.69, 9.17) is 4.74 Å². The average Bonchev–Trinajstić information content (AvgIpc) is 3.50. The molecule has 4 atom stereocenters. The fraction of sp³-hybridized carbons (Fsp3) is 0.308. The highest BCUT2D eigenvalue weighted by atomic mass is 19.4. The van der Waals surface area contributed by atoms with Crippen LogP contribution in [0.3, 0.4) is 0 Å². The lowest BCUT2D eigenvalue weighted by Crippen LogP contribution is -2.54. The molecule has 2 N–H and O–H groups in total. The van der Waals surface area contributed by atoms with Gasteiger partial charge in [-0.1, -0.05) is 116 Å². The highest BCUT2D eigenvalue weighted by Crippen LogP contribution is 2.59. The number of amides is 1. The van der Waals surface area contributed by atoms with E-state index < -0.39 is 46.7 Å². The van der Waals surface area contributed by atoms with Crippen molar-refractivity contribution < 1.29 is 37.7 Å². The smallest absolute Gasteiger partial charge is 0.410 e. The molecule has 0 radical (unpaired) electrons. The number of allylic oxidation sites excluding steroid dienone is 2. The summed E-state index contributed by atoms with van der Waals surface area (Å²) < 4.78 is 47.8. The van der Waals surface area contributed by atoms with Crippen molar-refractivity contribution in [2.75, 3.05) is 6.54 Å². The van der Waals surface area contributed by atoms with Crippen LogP contribution < -0.4 is 4.74 Å². The molecule has 9 rings (SSSR count). The fourth-order valence-electron chi connectivity index (χ4n) is 9.72. The van der Waals surface area contributed by atoms with Gasteiger partial charge in [0.2, 0.25) is 0 Å². The fourth-order valence-corrected chi connectivity index (χ4v) is 9.72. The summed E-state index contributed by atoms with van der Waals surface area (Å²) in [5, 5.41) is 28.2. The summed E-state index contributed by atoms with van der Waals surface area (Å²) in [5.74, 6) is -0.612. The van der Waals surface area contributed by atoms with E-state index in [9.17, 15) is 33.0 Å². The van der Waals surface area contributed by atoms with Crippen LogP contribution in [-0.4, -0.2) is 45.2 Å². The van der Waals surface area contributed by atoms with Crippen LogP contribution in [0.2, 0.25) is 0 Å². The summed E-state index contributed by atoms with van der Waals surface area (Å²) >= 11 is 0. The molecular formula is C52H50F3NO5. The molecule has 0 spiro atoms. The van der Waals surface area contributed by atoms with Gasteiger partial charge >= 0.3 is 12.3 Å². The van der Waals surface area contributed by atoms with Gasteiger partial charge in [0.15, 0.2) is 5.78 Å². The second-order valence-corrected chi connectivity index (χ2v) is 17.2. The molecule has 61 heavy (non-hydrogen) atoms. The number of hydrogen-bond donors (Lipinski definition) is 2. The number of ketones is 1. The van der Waals surface area contributed by atoms with Gasteiger partial charge in [0, 0.05) is 23.1 Å². The summed E-state index contributed by atoms with van der Waals surface area (Å²) in [6.45, 7) is 4.11. The largest absolute Gasteiger partial charge is 0.416 e. The monoisotopic (exact) mass is 825 g/mol. The zero-order valence-electron chi connectivity index (χ0n) is 34.4. The van der Waals surface area contributed by atoms with Crippen LogP contribution in [0.15, 0.2) is 139 Å². The van der Waals surface area contributed by atoms with Gasteiger partial charge in [-0.3, -0.25) is 4.79 Å². The van der Waals surface area contributed by atoms with Crippen LogP contribution in [0, 0.1) is 5.41 Å². The number of aliphatic hydroxyl groups excluding tert-OH is 1. The Kier molecular flexibility index (Phi) is 11.7. The Morgan fingerprint density at radius 1 is 0.820 bits per heavy atom. The van der Waals surface area contributed by atoms with Crippen LogP contribution in [0.5, 0.6) is 5.75 Å². The van der Waals surface area contributed by atoms with Crippen molar-refractivity contribution in [3.8, 4) is 5.75 Å². The standard InChI is InChI=1S/C52H50F3NO5/c1-34-10-9-26-50(2)47(45-24-20-35(28-42(57)22-19-34)29-46(45)48(58)39-15-8-17-41(30-39)52(53,54)55)25-27-51(50,60)33-56(32-40-16-7-14-37-12-5-6-18-44(37)40)49(59)61-43-23-21-36-11-3-4-13-38(36)31-43/h3-8,10-18,20-21,23-24,29-31,42,47,57,60H,9,19,22,25-28,32-33H2,1-2H3/t42-,47-,50-,51+/m0/s1. The highest BCUT2D eigenvalue weighted by molar-refractivity contribution is 6.10. The van der Waals surface area contributed by atoms with Crippen molar-refractivity contribution in [1.29, 1.82) is 0 Å². The zero-order chi connectivity index (χ0) is 42.9. The molecule has 9 heteroatoms. The number of nitrogens with zero attached hydrogens (tertiary/aromatic N) is 1. The summed E-state index contributed by atoms with van der Waals surface area (Å²) in [7, 11) is 0. The van der Waals surface area contributed by atoms with Crippen molar-refractivity contribution >= 4 is 33.4 Å². The van der Waals surface area contributed by atoms with E-state index in [0.717, 1.165) is 44.8 Å². The number of carbonyl (C=O) groups is 2. The first-order valence-electron chi connectivity index (χ1n) is 21.0. The average molecular weight is 826 g/mol. The Morgan fingerprint density at radius 3 is 2.36 bits per heavy atom. The van der Waals surface area contributed by atoms with Crippen molar-refractivity contribution in [3.05, 3.63) is 172 Å². The normalized spacial score (nSPS) is 22.0. The molecule has 314 valence electrons. The number of fused-ring (bicyclic) bond motifs is 10. The van der Waals surface area contributed by atoms with Crippen LogP contribution >= 0.6 is 0 Å². The lowest BCUT2D eigenvalue weighted by Gasteiger charge is -2.46. The molecule has 2 bridgehead atoms. The Morgan fingerprint density at radius 2 is 1.56 bits per heavy atom. The number of hydrogen-bond acceptors (Lipinski definition) is 5. The Labute approximate surface area is 354 Å². The molecule has 6 aromatic rings. The number of halogens is 3. The molecule has 0 unspecified atom stereocenters.